The van der Waals surface area contributed by atoms with Crippen molar-refractivity contribution in [3.63, 3.8) is 0 Å². The number of nitrogens with zero attached hydrogens (tertiary/aromatic N) is 9. The molecular weight excluding hydrogens is 884 g/mol. The number of benzene rings is 4. The predicted molar refractivity (Wildman–Crippen MR) is 261 cm³/mol. The van der Waals surface area contributed by atoms with Crippen molar-refractivity contribution in [2.24, 2.45) is 0 Å². The van der Waals surface area contributed by atoms with Gasteiger partial charge in [0.1, 0.15) is 42.0 Å². The minimum Gasteiger partial charge on any atom is -0.444 e. The molecule has 10 rings (SSSR count). The third kappa shape index (κ3) is 10.4. The summed E-state index contributed by atoms with van der Waals surface area (Å²) in [5, 5.41) is 29.6. The van der Waals surface area contributed by atoms with Crippen LogP contribution in [0.3, 0.4) is 0 Å². The minimum absolute atomic E-state index is 0.283. The Kier molecular flexibility index (Phi) is 13.1. The van der Waals surface area contributed by atoms with Crippen LogP contribution in [0.4, 0.5) is 39.2 Å². The molecule has 0 spiro atoms. The van der Waals surface area contributed by atoms with E-state index in [2.05, 4.69) is 94.2 Å². The van der Waals surface area contributed by atoms with Crippen LogP contribution in [0.5, 0.6) is 0 Å². The molecule has 14 nitrogen and oxygen atoms in total. The van der Waals surface area contributed by atoms with Crippen LogP contribution in [-0.4, -0.2) is 62.7 Å². The Morgan fingerprint density at radius 2 is 1.19 bits per heavy atom. The maximum atomic E-state index is 12.6. The molecule has 0 unspecified atom stereocenters. The van der Waals surface area contributed by atoms with Gasteiger partial charge in [0.2, 0.25) is 0 Å². The van der Waals surface area contributed by atoms with Crippen molar-refractivity contribution in [3.05, 3.63) is 151 Å². The van der Waals surface area contributed by atoms with Crippen LogP contribution in [-0.2, 0) is 56.6 Å². The number of fused-ring (bicyclic) bond motifs is 4. The molecule has 0 atom stereocenters. The van der Waals surface area contributed by atoms with Crippen LogP contribution in [0.1, 0.15) is 76.7 Å². The van der Waals surface area contributed by atoms with Gasteiger partial charge in [0.25, 0.3) is 0 Å². The van der Waals surface area contributed by atoms with Gasteiger partial charge in [-0.3, -0.25) is 0 Å². The normalized spacial score (nSPS) is 15.0. The van der Waals surface area contributed by atoms with Crippen molar-refractivity contribution in [1.29, 1.82) is 10.5 Å². The van der Waals surface area contributed by atoms with Crippen molar-refractivity contribution in [3.8, 4) is 12.1 Å². The second-order valence-electron chi connectivity index (χ2n) is 18.0. The van der Waals surface area contributed by atoms with E-state index in [-0.39, 0.29) is 6.09 Å². The first-order chi connectivity index (χ1) is 32.4. The van der Waals surface area contributed by atoms with Gasteiger partial charge in [0.05, 0.1) is 45.6 Å². The summed E-state index contributed by atoms with van der Waals surface area (Å²) < 4.78 is 5.57. The lowest BCUT2D eigenvalue weighted by Gasteiger charge is -2.32. The fourth-order valence-electron chi connectivity index (χ4n) is 8.90. The maximum absolute atomic E-state index is 12.6. The number of rotatable bonds is 6. The number of hydrogen-bond acceptors (Lipinski definition) is 13. The van der Waals surface area contributed by atoms with Crippen molar-refractivity contribution >= 4 is 63.7 Å². The van der Waals surface area contributed by atoms with Gasteiger partial charge >= 0.3 is 6.09 Å². The van der Waals surface area contributed by atoms with E-state index in [4.69, 9.17) is 38.5 Å². The average molecular weight is 934 g/mol. The predicted octanol–water partition coefficient (Wildman–Crippen LogP) is 9.55. The van der Waals surface area contributed by atoms with Crippen molar-refractivity contribution < 1.29 is 9.53 Å². The molecule has 340 valence electrons. The molecule has 67 heavy (non-hydrogen) atoms. The number of anilines is 6. The highest BCUT2D eigenvalue weighted by Gasteiger charge is 2.27. The maximum Gasteiger partial charge on any atom is 0.410 e. The zero-order valence-corrected chi connectivity index (χ0v) is 39.2. The van der Waals surface area contributed by atoms with E-state index in [1.807, 2.05) is 45.0 Å². The lowest BCUT2D eigenvalue weighted by molar-refractivity contribution is 0.0224. The van der Waals surface area contributed by atoms with E-state index in [0.29, 0.717) is 47.4 Å². The summed E-state index contributed by atoms with van der Waals surface area (Å²) in [6.07, 6.45) is 6.40. The first kappa shape index (κ1) is 45.2. The van der Waals surface area contributed by atoms with Crippen LogP contribution >= 0.6 is 23.2 Å². The van der Waals surface area contributed by atoms with Crippen molar-refractivity contribution in [1.82, 2.24) is 30.2 Å². The molecule has 0 saturated carbocycles. The van der Waals surface area contributed by atoms with Gasteiger partial charge in [-0.2, -0.15) is 10.5 Å². The number of hydrogen-bond donors (Lipinski definition) is 3. The Hall–Kier alpha value is -6.97. The molecule has 4 aromatic carbocycles. The Bertz CT molecular complexity index is 2940. The van der Waals surface area contributed by atoms with Gasteiger partial charge < -0.3 is 35.4 Å². The zero-order valence-electron chi connectivity index (χ0n) is 37.7. The molecule has 4 aliphatic heterocycles. The van der Waals surface area contributed by atoms with Gasteiger partial charge in [-0.25, -0.2) is 24.7 Å². The molecule has 0 saturated heterocycles. The fourth-order valence-corrected chi connectivity index (χ4v) is 9.33. The molecule has 6 heterocycles. The van der Waals surface area contributed by atoms with E-state index in [1.54, 1.807) is 29.7 Å². The summed E-state index contributed by atoms with van der Waals surface area (Å²) in [4.78, 5) is 36.9. The number of amides is 1. The summed E-state index contributed by atoms with van der Waals surface area (Å²) in [5.74, 6) is 1.67. The van der Waals surface area contributed by atoms with Gasteiger partial charge in [-0.1, -0.05) is 35.3 Å². The number of aromatic nitrogens is 4. The molecular formula is C51H50Cl2N12O2. The number of carbonyl (C=O) groups excluding carboxylic acids is 1. The topological polar surface area (TPSA) is 171 Å². The molecule has 6 aromatic rings. The second-order valence-corrected chi connectivity index (χ2v) is 18.8. The number of nitriles is 2. The second kappa shape index (κ2) is 19.5. The molecule has 0 aliphatic carbocycles. The molecule has 0 bridgehead atoms. The monoisotopic (exact) mass is 932 g/mol. The minimum atomic E-state index is -0.519. The lowest BCUT2D eigenvalue weighted by atomic mass is 9.99. The zero-order chi connectivity index (χ0) is 46.7. The third-order valence-electron chi connectivity index (χ3n) is 12.4. The highest BCUT2D eigenvalue weighted by molar-refractivity contribution is 6.32. The number of carbonyl (C=O) groups is 1. The summed E-state index contributed by atoms with van der Waals surface area (Å²) in [7, 11) is 0. The van der Waals surface area contributed by atoms with Gasteiger partial charge in [-0.05, 0) is 136 Å². The Morgan fingerprint density at radius 1 is 0.657 bits per heavy atom. The Morgan fingerprint density at radius 3 is 1.72 bits per heavy atom. The Labute approximate surface area is 400 Å². The third-order valence-corrected chi connectivity index (χ3v) is 13.0. The molecule has 2 aromatic heterocycles. The summed E-state index contributed by atoms with van der Waals surface area (Å²) >= 11 is 12.5. The van der Waals surface area contributed by atoms with Crippen LogP contribution in [0.25, 0.3) is 0 Å². The van der Waals surface area contributed by atoms with Crippen LogP contribution < -0.4 is 25.8 Å². The summed E-state index contributed by atoms with van der Waals surface area (Å²) in [5.41, 5.74) is 13.7. The van der Waals surface area contributed by atoms with Gasteiger partial charge in [0.15, 0.2) is 0 Å². The molecule has 0 radical (unpaired) electrons. The quantitative estimate of drug-likeness (QED) is 0.144. The Balaban J connectivity index is 0.000000171. The van der Waals surface area contributed by atoms with Crippen LogP contribution in [0.2, 0.25) is 10.0 Å². The molecule has 0 fully saturated rings. The van der Waals surface area contributed by atoms with Crippen molar-refractivity contribution in [2.75, 3.05) is 46.6 Å². The summed E-state index contributed by atoms with van der Waals surface area (Å²) in [6.45, 7) is 11.7. The fraction of sp³-hybridized carbons (Fsp3) is 0.314. The van der Waals surface area contributed by atoms with Crippen molar-refractivity contribution in [2.45, 2.75) is 78.2 Å². The first-order valence-corrected chi connectivity index (χ1v) is 23.2. The average Bonchev–Trinajstić information content (AvgIpc) is 3.33. The van der Waals surface area contributed by atoms with E-state index in [0.717, 1.165) is 114 Å². The van der Waals surface area contributed by atoms with Gasteiger partial charge in [0, 0.05) is 66.6 Å². The smallest absolute Gasteiger partial charge is 0.410 e. The highest BCUT2D eigenvalue weighted by Crippen LogP contribution is 2.34. The molecule has 3 N–H and O–H groups in total. The van der Waals surface area contributed by atoms with Crippen LogP contribution in [0, 0.1) is 22.7 Å². The van der Waals surface area contributed by atoms with E-state index in [1.165, 1.54) is 16.7 Å². The van der Waals surface area contributed by atoms with Crippen LogP contribution in [0.15, 0.2) is 85.5 Å². The molecule has 1 amide bonds. The first-order valence-electron chi connectivity index (χ1n) is 22.4. The van der Waals surface area contributed by atoms with Gasteiger partial charge in [-0.15, -0.1) is 0 Å². The number of ether oxygens (including phenoxy) is 1. The molecule has 16 heteroatoms. The standard InChI is InChI=1S/C28H29ClN6O2.C23H21ClN6/c1-28(2,3)37-27(36)35-10-8-18-4-6-21(12-20(18)15-35)33-26-23-9-11-34(16-25(23)31-17-32-26)22-7-5-19(14-30)24(29)13-22;24-21-10-19(4-2-16(21)11-25)30-8-6-20-22(13-30)27-14-28-23(20)29-18-3-1-15-5-7-26-12-17(15)9-18/h4-7,12-13,17H,8-11,15-16H2,1-3H3,(H,31,32,33);1-4,9-10,14,26H,5-8,12-13H2,(H,27,28,29). The van der Waals surface area contributed by atoms with E-state index < -0.39 is 5.60 Å². The number of nitrogens with one attached hydrogen (secondary N) is 3. The molecule has 4 aliphatic rings. The summed E-state index contributed by atoms with van der Waals surface area (Å²) in [6, 6.07) is 28.1. The lowest BCUT2D eigenvalue weighted by Crippen LogP contribution is -2.39. The largest absolute Gasteiger partial charge is 0.444 e. The SMILES string of the molecule is CC(C)(C)OC(=O)N1CCc2ccc(Nc3ncnc4c3CCN(c3ccc(C#N)c(Cl)c3)C4)cc2C1.N#Cc1ccc(N2CCc3c(ncnc3Nc3ccc4c(c3)CNCC4)C2)cc1Cl. The van der Waals surface area contributed by atoms with E-state index in [9.17, 15) is 4.79 Å². The van der Waals surface area contributed by atoms with E-state index >= 15 is 0 Å². The highest BCUT2D eigenvalue weighted by atomic mass is 35.5. The number of halogens is 2.